The van der Waals surface area contributed by atoms with E-state index in [2.05, 4.69) is 36.6 Å². The first-order chi connectivity index (χ1) is 9.16. The summed E-state index contributed by atoms with van der Waals surface area (Å²) in [5.74, 6) is 0. The lowest BCUT2D eigenvalue weighted by Crippen LogP contribution is -2.12. The third-order valence-electron chi connectivity index (χ3n) is 3.42. The van der Waals surface area contributed by atoms with Gasteiger partial charge < -0.3 is 5.73 Å². The summed E-state index contributed by atoms with van der Waals surface area (Å²) >= 11 is 7.82. The van der Waals surface area contributed by atoms with E-state index < -0.39 is 0 Å². The highest BCUT2D eigenvalue weighted by molar-refractivity contribution is 7.17. The zero-order valence-corrected chi connectivity index (χ0v) is 12.1. The summed E-state index contributed by atoms with van der Waals surface area (Å²) in [7, 11) is 0. The van der Waals surface area contributed by atoms with Crippen molar-refractivity contribution in [1.29, 1.82) is 0 Å². The van der Waals surface area contributed by atoms with Crippen molar-refractivity contribution in [2.24, 2.45) is 5.73 Å². The lowest BCUT2D eigenvalue weighted by Gasteiger charge is -2.15. The number of hydrogen-bond acceptors (Lipinski definition) is 2. The second-order valence-corrected chi connectivity index (χ2v) is 6.01. The molecule has 1 aromatic heterocycles. The van der Waals surface area contributed by atoms with Crippen LogP contribution < -0.4 is 5.73 Å². The van der Waals surface area contributed by atoms with Crippen molar-refractivity contribution in [2.75, 3.05) is 0 Å². The minimum atomic E-state index is -0.130. The van der Waals surface area contributed by atoms with E-state index in [1.165, 1.54) is 21.2 Å². The van der Waals surface area contributed by atoms with Crippen LogP contribution in [-0.2, 0) is 0 Å². The summed E-state index contributed by atoms with van der Waals surface area (Å²) in [4.78, 5) is 0. The number of halogens is 1. The van der Waals surface area contributed by atoms with Crippen LogP contribution in [0.15, 0.2) is 47.8 Å². The SMILES string of the molecule is Cc1ccc(Cl)cc1C(N)c1csc2ccccc12. The van der Waals surface area contributed by atoms with Crippen molar-refractivity contribution >= 4 is 33.0 Å². The molecule has 0 saturated heterocycles. The quantitative estimate of drug-likeness (QED) is 0.712. The van der Waals surface area contributed by atoms with Gasteiger partial charge in [0, 0.05) is 9.72 Å². The van der Waals surface area contributed by atoms with Crippen LogP contribution in [0.4, 0.5) is 0 Å². The number of fused-ring (bicyclic) bond motifs is 1. The van der Waals surface area contributed by atoms with Crippen molar-refractivity contribution in [3.63, 3.8) is 0 Å². The number of thiophene rings is 1. The van der Waals surface area contributed by atoms with E-state index in [1.54, 1.807) is 11.3 Å². The molecule has 1 nitrogen and oxygen atoms in total. The van der Waals surface area contributed by atoms with Gasteiger partial charge in [0.1, 0.15) is 0 Å². The van der Waals surface area contributed by atoms with Gasteiger partial charge in [-0.3, -0.25) is 0 Å². The molecule has 2 N–H and O–H groups in total. The summed E-state index contributed by atoms with van der Waals surface area (Å²) in [6.45, 7) is 2.07. The van der Waals surface area contributed by atoms with Gasteiger partial charge in [0.15, 0.2) is 0 Å². The molecular weight excluding hydrogens is 274 g/mol. The van der Waals surface area contributed by atoms with Crippen LogP contribution in [0.3, 0.4) is 0 Å². The van der Waals surface area contributed by atoms with E-state index in [0.717, 1.165) is 10.6 Å². The van der Waals surface area contributed by atoms with Crippen LogP contribution >= 0.6 is 22.9 Å². The fourth-order valence-electron chi connectivity index (χ4n) is 2.35. The Morgan fingerprint density at radius 1 is 1.11 bits per heavy atom. The summed E-state index contributed by atoms with van der Waals surface area (Å²) in [6.07, 6.45) is 0. The van der Waals surface area contributed by atoms with Crippen LogP contribution in [0.1, 0.15) is 22.7 Å². The number of hydrogen-bond donors (Lipinski definition) is 1. The molecule has 2 aromatic carbocycles. The van der Waals surface area contributed by atoms with E-state index in [-0.39, 0.29) is 6.04 Å². The van der Waals surface area contributed by atoms with Gasteiger partial charge in [0.25, 0.3) is 0 Å². The molecule has 1 unspecified atom stereocenters. The lowest BCUT2D eigenvalue weighted by atomic mass is 9.95. The number of benzene rings is 2. The van der Waals surface area contributed by atoms with E-state index in [1.807, 2.05) is 18.2 Å². The van der Waals surface area contributed by atoms with Crippen LogP contribution in [0.25, 0.3) is 10.1 Å². The number of aryl methyl sites for hydroxylation is 1. The van der Waals surface area contributed by atoms with Gasteiger partial charge in [-0.1, -0.05) is 35.9 Å². The van der Waals surface area contributed by atoms with Crippen LogP contribution in [0.5, 0.6) is 0 Å². The summed E-state index contributed by atoms with van der Waals surface area (Å²) in [5, 5.41) is 4.12. The summed E-state index contributed by atoms with van der Waals surface area (Å²) in [5.41, 5.74) is 9.88. The molecule has 0 aliphatic heterocycles. The highest BCUT2D eigenvalue weighted by atomic mass is 35.5. The average molecular weight is 288 g/mol. The zero-order chi connectivity index (χ0) is 13.4. The zero-order valence-electron chi connectivity index (χ0n) is 10.6. The van der Waals surface area contributed by atoms with Gasteiger partial charge in [0.2, 0.25) is 0 Å². The maximum atomic E-state index is 6.44. The van der Waals surface area contributed by atoms with Gasteiger partial charge in [0.05, 0.1) is 6.04 Å². The molecule has 0 aliphatic rings. The molecule has 3 rings (SSSR count). The Labute approximate surface area is 121 Å². The predicted octanol–water partition coefficient (Wildman–Crippen LogP) is 4.91. The van der Waals surface area contributed by atoms with Crippen LogP contribution in [0.2, 0.25) is 5.02 Å². The molecule has 3 heteroatoms. The third kappa shape index (κ3) is 2.27. The minimum Gasteiger partial charge on any atom is -0.320 e. The molecule has 0 fully saturated rings. The molecular formula is C16H14ClNS. The molecule has 96 valence electrons. The molecule has 0 radical (unpaired) electrons. The molecule has 0 aliphatic carbocycles. The summed E-state index contributed by atoms with van der Waals surface area (Å²) < 4.78 is 1.27. The standard InChI is InChI=1S/C16H14ClNS/c1-10-6-7-11(17)8-13(10)16(18)14-9-19-15-5-3-2-4-12(14)15/h2-9,16H,18H2,1H3. The van der Waals surface area contributed by atoms with E-state index in [4.69, 9.17) is 17.3 Å². The minimum absolute atomic E-state index is 0.130. The van der Waals surface area contributed by atoms with Crippen molar-refractivity contribution in [3.8, 4) is 0 Å². The Morgan fingerprint density at radius 2 is 1.89 bits per heavy atom. The Hall–Kier alpha value is -1.35. The van der Waals surface area contributed by atoms with Gasteiger partial charge in [-0.2, -0.15) is 0 Å². The van der Waals surface area contributed by atoms with E-state index >= 15 is 0 Å². The Kier molecular flexibility index (Phi) is 3.31. The smallest absolute Gasteiger partial charge is 0.0569 e. The van der Waals surface area contributed by atoms with Gasteiger partial charge in [-0.25, -0.2) is 0 Å². The largest absolute Gasteiger partial charge is 0.320 e. The predicted molar refractivity (Wildman–Crippen MR) is 84.0 cm³/mol. The Bertz CT molecular complexity index is 732. The third-order valence-corrected chi connectivity index (χ3v) is 4.64. The van der Waals surface area contributed by atoms with Crippen molar-refractivity contribution < 1.29 is 0 Å². The van der Waals surface area contributed by atoms with Gasteiger partial charge in [-0.05, 0) is 52.6 Å². The first-order valence-corrected chi connectivity index (χ1v) is 7.40. The monoisotopic (exact) mass is 287 g/mol. The normalized spacial score (nSPS) is 12.8. The van der Waals surface area contributed by atoms with Gasteiger partial charge >= 0.3 is 0 Å². The van der Waals surface area contributed by atoms with Gasteiger partial charge in [-0.15, -0.1) is 11.3 Å². The molecule has 0 saturated carbocycles. The lowest BCUT2D eigenvalue weighted by molar-refractivity contribution is 0.874. The molecule has 0 bridgehead atoms. The molecule has 1 atom stereocenters. The van der Waals surface area contributed by atoms with Crippen LogP contribution in [-0.4, -0.2) is 0 Å². The molecule has 3 aromatic rings. The average Bonchev–Trinajstić information content (AvgIpc) is 2.84. The van der Waals surface area contributed by atoms with E-state index in [0.29, 0.717) is 0 Å². The second-order valence-electron chi connectivity index (χ2n) is 4.67. The van der Waals surface area contributed by atoms with Crippen LogP contribution in [0, 0.1) is 6.92 Å². The highest BCUT2D eigenvalue weighted by Crippen LogP contribution is 2.33. The highest BCUT2D eigenvalue weighted by Gasteiger charge is 2.15. The Morgan fingerprint density at radius 3 is 2.74 bits per heavy atom. The maximum Gasteiger partial charge on any atom is 0.0569 e. The van der Waals surface area contributed by atoms with E-state index in [9.17, 15) is 0 Å². The molecule has 19 heavy (non-hydrogen) atoms. The second kappa shape index (κ2) is 4.97. The number of rotatable bonds is 2. The van der Waals surface area contributed by atoms with Crippen molar-refractivity contribution in [2.45, 2.75) is 13.0 Å². The fourth-order valence-corrected chi connectivity index (χ4v) is 3.53. The first-order valence-electron chi connectivity index (χ1n) is 6.14. The van der Waals surface area contributed by atoms with Crippen molar-refractivity contribution in [1.82, 2.24) is 0 Å². The Balaban J connectivity index is 2.13. The number of nitrogens with two attached hydrogens (primary N) is 1. The molecule has 0 spiro atoms. The topological polar surface area (TPSA) is 26.0 Å². The molecule has 1 heterocycles. The first kappa shape index (κ1) is 12.7. The maximum absolute atomic E-state index is 6.44. The fraction of sp³-hybridized carbons (Fsp3) is 0.125. The summed E-state index contributed by atoms with van der Waals surface area (Å²) in [6, 6.07) is 14.1. The van der Waals surface area contributed by atoms with Crippen molar-refractivity contribution in [3.05, 3.63) is 69.6 Å². The molecule has 0 amide bonds.